The molecule has 4 nitrogen and oxygen atoms in total. The van der Waals surface area contributed by atoms with Crippen LogP contribution in [0.25, 0.3) is 0 Å². The van der Waals surface area contributed by atoms with E-state index in [4.69, 9.17) is 28.2 Å². The van der Waals surface area contributed by atoms with Crippen LogP contribution in [0.3, 0.4) is 0 Å². The third-order valence-corrected chi connectivity index (χ3v) is 5.36. The molecule has 0 unspecified atom stereocenters. The summed E-state index contributed by atoms with van der Waals surface area (Å²) in [7, 11) is 0. The van der Waals surface area contributed by atoms with Crippen molar-refractivity contribution in [1.82, 2.24) is 4.90 Å². The van der Waals surface area contributed by atoms with Gasteiger partial charge in [0.15, 0.2) is 5.11 Å². The number of hydrogen-bond acceptors (Lipinski definition) is 3. The zero-order chi connectivity index (χ0) is 20.6. The highest BCUT2D eigenvalue weighted by molar-refractivity contribution is 7.80. The van der Waals surface area contributed by atoms with E-state index in [1.165, 1.54) is 11.3 Å². The van der Waals surface area contributed by atoms with Gasteiger partial charge in [0.2, 0.25) is 0 Å². The lowest BCUT2D eigenvalue weighted by Gasteiger charge is -2.26. The number of hydrogen-bond donors (Lipinski definition) is 1. The molecule has 6 heteroatoms. The van der Waals surface area contributed by atoms with Crippen molar-refractivity contribution in [3.63, 3.8) is 0 Å². The first-order valence-electron chi connectivity index (χ1n) is 9.76. The Bertz CT molecular complexity index is 891. The minimum atomic E-state index is 0.588. The smallest absolute Gasteiger partial charge is 0.174 e. The molecule has 29 heavy (non-hydrogen) atoms. The molecular formula is C23H26ClN3OS. The maximum atomic E-state index is 5.98. The first kappa shape index (κ1) is 21.2. The second-order valence-corrected chi connectivity index (χ2v) is 7.53. The van der Waals surface area contributed by atoms with Crippen LogP contribution in [0.2, 0.25) is 5.02 Å². The second-order valence-electron chi connectivity index (χ2n) is 6.71. The van der Waals surface area contributed by atoms with Gasteiger partial charge < -0.3 is 19.5 Å². The Hall–Kier alpha value is -2.50. The lowest BCUT2D eigenvalue weighted by molar-refractivity contribution is 0.360. The Morgan fingerprint density at radius 3 is 2.24 bits per heavy atom. The highest BCUT2D eigenvalue weighted by Crippen LogP contribution is 2.19. The fraction of sp³-hybridized carbons (Fsp3) is 0.261. The molecule has 1 heterocycles. The topological polar surface area (TPSA) is 31.6 Å². The molecule has 0 aliphatic carbocycles. The van der Waals surface area contributed by atoms with Crippen LogP contribution in [0.5, 0.6) is 0 Å². The number of benzene rings is 2. The van der Waals surface area contributed by atoms with Crippen molar-refractivity contribution >= 4 is 40.3 Å². The van der Waals surface area contributed by atoms with Gasteiger partial charge in [-0.3, -0.25) is 0 Å². The predicted molar refractivity (Wildman–Crippen MR) is 126 cm³/mol. The van der Waals surface area contributed by atoms with Crippen molar-refractivity contribution in [2.75, 3.05) is 23.3 Å². The number of rotatable bonds is 8. The molecule has 152 valence electrons. The maximum Gasteiger partial charge on any atom is 0.174 e. The summed E-state index contributed by atoms with van der Waals surface area (Å²) in [6.07, 6.45) is 1.68. The first-order valence-corrected chi connectivity index (χ1v) is 10.6. The Balaban J connectivity index is 1.74. The van der Waals surface area contributed by atoms with Crippen molar-refractivity contribution in [2.45, 2.75) is 26.9 Å². The average Bonchev–Trinajstić information content (AvgIpc) is 3.24. The molecule has 0 saturated heterocycles. The molecule has 3 aromatic rings. The summed E-state index contributed by atoms with van der Waals surface area (Å²) < 4.78 is 5.54. The highest BCUT2D eigenvalue weighted by atomic mass is 35.5. The van der Waals surface area contributed by atoms with Crippen molar-refractivity contribution in [3.05, 3.63) is 83.3 Å². The highest BCUT2D eigenvalue weighted by Gasteiger charge is 2.14. The van der Waals surface area contributed by atoms with Crippen LogP contribution in [0.4, 0.5) is 11.4 Å². The largest absolute Gasteiger partial charge is 0.467 e. The zero-order valence-electron chi connectivity index (χ0n) is 16.8. The summed E-state index contributed by atoms with van der Waals surface area (Å²) in [6, 6.07) is 20.0. The molecule has 1 N–H and O–H groups in total. The number of nitrogens with one attached hydrogen (secondary N) is 1. The van der Waals surface area contributed by atoms with Crippen molar-refractivity contribution in [3.8, 4) is 0 Å². The molecule has 0 aliphatic heterocycles. The van der Waals surface area contributed by atoms with Gasteiger partial charge in [-0.25, -0.2) is 0 Å². The summed E-state index contributed by atoms with van der Waals surface area (Å²) in [5.74, 6) is 0.866. The summed E-state index contributed by atoms with van der Waals surface area (Å²) >= 11 is 11.7. The van der Waals surface area contributed by atoms with Gasteiger partial charge in [0, 0.05) is 36.0 Å². The van der Waals surface area contributed by atoms with E-state index in [9.17, 15) is 0 Å². The normalized spacial score (nSPS) is 10.6. The SMILES string of the molecule is CCN(CC)c1ccc(CN(Cc2ccco2)C(=S)Nc2ccc(Cl)cc2)cc1. The van der Waals surface area contributed by atoms with Crippen LogP contribution in [-0.4, -0.2) is 23.1 Å². The van der Waals surface area contributed by atoms with Crippen LogP contribution in [0, 0.1) is 0 Å². The lowest BCUT2D eigenvalue weighted by Crippen LogP contribution is -2.33. The average molecular weight is 428 g/mol. The molecule has 3 rings (SSSR count). The molecule has 0 spiro atoms. The number of furan rings is 1. The van der Waals surface area contributed by atoms with E-state index in [2.05, 4.69) is 53.2 Å². The molecule has 0 fully saturated rings. The van der Waals surface area contributed by atoms with Crippen molar-refractivity contribution in [1.29, 1.82) is 0 Å². The molecule has 0 amide bonds. The number of nitrogens with zero attached hydrogens (tertiary/aromatic N) is 2. The van der Waals surface area contributed by atoms with E-state index < -0.39 is 0 Å². The van der Waals surface area contributed by atoms with Gasteiger partial charge in [0.1, 0.15) is 5.76 Å². The third kappa shape index (κ3) is 5.99. The number of anilines is 2. The van der Waals surface area contributed by atoms with Gasteiger partial charge in [-0.1, -0.05) is 23.7 Å². The van der Waals surface area contributed by atoms with Crippen molar-refractivity contribution in [2.24, 2.45) is 0 Å². The van der Waals surface area contributed by atoms with Crippen LogP contribution in [0.1, 0.15) is 25.2 Å². The quantitative estimate of drug-likeness (QED) is 0.434. The monoisotopic (exact) mass is 427 g/mol. The minimum absolute atomic E-state index is 0.588. The second kappa shape index (κ2) is 10.3. The summed E-state index contributed by atoms with van der Waals surface area (Å²) in [4.78, 5) is 4.42. The van der Waals surface area contributed by atoms with Crippen LogP contribution in [-0.2, 0) is 13.1 Å². The van der Waals surface area contributed by atoms with Gasteiger partial charge in [-0.2, -0.15) is 0 Å². The predicted octanol–water partition coefficient (Wildman–Crippen LogP) is 6.18. The van der Waals surface area contributed by atoms with Gasteiger partial charge in [-0.05, 0) is 80.2 Å². The minimum Gasteiger partial charge on any atom is -0.467 e. The van der Waals surface area contributed by atoms with Gasteiger partial charge in [0.05, 0.1) is 12.8 Å². The summed E-state index contributed by atoms with van der Waals surface area (Å²) in [5.41, 5.74) is 3.33. The van der Waals surface area contributed by atoms with Crippen molar-refractivity contribution < 1.29 is 4.42 Å². The van der Waals surface area contributed by atoms with Crippen LogP contribution < -0.4 is 10.2 Å². The lowest BCUT2D eigenvalue weighted by atomic mass is 10.1. The molecule has 0 aliphatic rings. The number of halogens is 1. The zero-order valence-corrected chi connectivity index (χ0v) is 18.3. The molecule has 2 aromatic carbocycles. The number of thiocarbonyl (C=S) groups is 1. The summed E-state index contributed by atoms with van der Waals surface area (Å²) in [6.45, 7) is 7.60. The van der Waals surface area contributed by atoms with E-state index in [1.807, 2.05) is 36.4 Å². The molecule has 1 aromatic heterocycles. The fourth-order valence-corrected chi connectivity index (χ4v) is 3.52. The van der Waals surface area contributed by atoms with E-state index >= 15 is 0 Å². The Kier molecular flexibility index (Phi) is 7.55. The molecule has 0 saturated carbocycles. The third-order valence-electron chi connectivity index (χ3n) is 4.75. The van der Waals surface area contributed by atoms with Gasteiger partial charge in [0.25, 0.3) is 0 Å². The van der Waals surface area contributed by atoms with Gasteiger partial charge in [-0.15, -0.1) is 0 Å². The standard InChI is InChI=1S/C23H26ClN3OS/c1-3-26(4-2)21-13-7-18(8-14-21)16-27(17-22-6-5-15-28-22)23(29)25-20-11-9-19(24)10-12-20/h5-15H,3-4,16-17H2,1-2H3,(H,25,29). The molecule has 0 radical (unpaired) electrons. The van der Waals surface area contributed by atoms with E-state index in [1.54, 1.807) is 6.26 Å². The summed E-state index contributed by atoms with van der Waals surface area (Å²) in [5, 5.41) is 4.63. The molecule has 0 atom stereocenters. The Morgan fingerprint density at radius 2 is 1.66 bits per heavy atom. The van der Waals surface area contributed by atoms with Crippen LogP contribution in [0.15, 0.2) is 71.3 Å². The first-order chi connectivity index (χ1) is 14.1. The van der Waals surface area contributed by atoms with Gasteiger partial charge >= 0.3 is 0 Å². The fourth-order valence-electron chi connectivity index (χ4n) is 3.15. The van der Waals surface area contributed by atoms with E-state index in [-0.39, 0.29) is 0 Å². The van der Waals surface area contributed by atoms with E-state index in [0.717, 1.165) is 24.5 Å². The molecular weight excluding hydrogens is 402 g/mol. The Morgan fingerprint density at radius 1 is 0.966 bits per heavy atom. The maximum absolute atomic E-state index is 5.98. The van der Waals surface area contributed by atoms with E-state index in [0.29, 0.717) is 23.2 Å². The molecule has 0 bridgehead atoms. The van der Waals surface area contributed by atoms with Crippen LogP contribution >= 0.6 is 23.8 Å². The Labute approximate surface area is 183 Å².